The van der Waals surface area contributed by atoms with Gasteiger partial charge in [0, 0.05) is 25.5 Å². The van der Waals surface area contributed by atoms with Crippen LogP contribution in [0.2, 0.25) is 0 Å². The van der Waals surface area contributed by atoms with E-state index in [1.165, 1.54) is 30.7 Å². The quantitative estimate of drug-likeness (QED) is 0.606. The van der Waals surface area contributed by atoms with Crippen molar-refractivity contribution in [3.63, 3.8) is 0 Å². The molecule has 0 saturated heterocycles. The van der Waals surface area contributed by atoms with Crippen molar-refractivity contribution in [3.8, 4) is 0 Å². The summed E-state index contributed by atoms with van der Waals surface area (Å²) in [7, 11) is -0.653. The second-order valence-electron chi connectivity index (χ2n) is 6.20. The third-order valence-corrected chi connectivity index (χ3v) is 5.66. The number of benzene rings is 1. The first kappa shape index (κ1) is 18.9. The van der Waals surface area contributed by atoms with E-state index in [1.54, 1.807) is 12.1 Å². The number of aromatic nitrogens is 4. The van der Waals surface area contributed by atoms with Gasteiger partial charge in [0.1, 0.15) is 6.61 Å². The van der Waals surface area contributed by atoms with Gasteiger partial charge in [-0.25, -0.2) is 27.0 Å². The number of carbonyl (C=O) groups is 1. The molecule has 2 aromatic heterocycles. The lowest BCUT2D eigenvalue weighted by Crippen LogP contribution is -2.22. The molecule has 0 fully saturated rings. The number of sulfonamides is 1. The van der Waals surface area contributed by atoms with Gasteiger partial charge in [-0.3, -0.25) is 0 Å². The minimum atomic E-state index is -3.56. The van der Waals surface area contributed by atoms with Crippen molar-refractivity contribution in [1.82, 2.24) is 23.9 Å². The number of esters is 1. The van der Waals surface area contributed by atoms with E-state index in [4.69, 9.17) is 4.74 Å². The number of nitrogens with zero attached hydrogens (tertiary/aromatic N) is 5. The molecule has 0 N–H and O–H groups in total. The van der Waals surface area contributed by atoms with Crippen LogP contribution in [0.3, 0.4) is 0 Å². The van der Waals surface area contributed by atoms with Gasteiger partial charge in [0.15, 0.2) is 0 Å². The molecular formula is C17H19N5O4S. The molecule has 9 nitrogen and oxygen atoms in total. The Balaban J connectivity index is 1.78. The Hall–Kier alpha value is -2.85. The van der Waals surface area contributed by atoms with Gasteiger partial charge in [-0.05, 0) is 37.6 Å². The monoisotopic (exact) mass is 389 g/mol. The number of rotatable bonds is 5. The summed E-state index contributed by atoms with van der Waals surface area (Å²) < 4.78 is 32.2. The predicted octanol–water partition coefficient (Wildman–Crippen LogP) is 1.35. The Morgan fingerprint density at radius 1 is 1.19 bits per heavy atom. The highest BCUT2D eigenvalue weighted by Crippen LogP contribution is 2.16. The van der Waals surface area contributed by atoms with Gasteiger partial charge in [0.05, 0.1) is 4.90 Å². The molecule has 0 amide bonds. The van der Waals surface area contributed by atoms with Crippen LogP contribution in [0.1, 0.15) is 27.6 Å². The molecular weight excluding hydrogens is 370 g/mol. The first-order valence-electron chi connectivity index (χ1n) is 8.08. The van der Waals surface area contributed by atoms with Crippen molar-refractivity contribution in [3.05, 3.63) is 53.1 Å². The molecule has 0 aliphatic rings. The van der Waals surface area contributed by atoms with Gasteiger partial charge in [0.2, 0.25) is 10.0 Å². The number of aryl methyl sites for hydroxylation is 2. The highest BCUT2D eigenvalue weighted by Gasteiger charge is 2.19. The van der Waals surface area contributed by atoms with E-state index in [0.29, 0.717) is 11.3 Å². The summed E-state index contributed by atoms with van der Waals surface area (Å²) in [6.07, 6.45) is 0. The van der Waals surface area contributed by atoms with Crippen molar-refractivity contribution in [2.24, 2.45) is 0 Å². The van der Waals surface area contributed by atoms with E-state index < -0.39 is 16.0 Å². The van der Waals surface area contributed by atoms with Crippen LogP contribution in [0.25, 0.3) is 5.78 Å². The maximum atomic E-state index is 12.3. The summed E-state index contributed by atoms with van der Waals surface area (Å²) >= 11 is 0. The molecule has 0 spiro atoms. The van der Waals surface area contributed by atoms with Crippen molar-refractivity contribution in [2.75, 3.05) is 14.1 Å². The molecule has 0 saturated carbocycles. The van der Waals surface area contributed by atoms with Gasteiger partial charge >= 0.3 is 5.97 Å². The molecule has 1 aromatic carbocycles. The second kappa shape index (κ2) is 7.05. The zero-order valence-electron chi connectivity index (χ0n) is 15.4. The van der Waals surface area contributed by atoms with Crippen LogP contribution in [-0.2, 0) is 21.4 Å². The van der Waals surface area contributed by atoms with Crippen molar-refractivity contribution in [2.45, 2.75) is 25.3 Å². The first-order valence-corrected chi connectivity index (χ1v) is 9.52. The summed E-state index contributed by atoms with van der Waals surface area (Å²) in [5, 5.41) is 4.11. The van der Waals surface area contributed by atoms with Crippen LogP contribution < -0.4 is 0 Å². The van der Waals surface area contributed by atoms with Gasteiger partial charge < -0.3 is 4.74 Å². The van der Waals surface area contributed by atoms with Crippen LogP contribution in [0.4, 0.5) is 0 Å². The Morgan fingerprint density at radius 2 is 1.93 bits per heavy atom. The van der Waals surface area contributed by atoms with Crippen molar-refractivity contribution in [1.29, 1.82) is 0 Å². The zero-order chi connectivity index (χ0) is 19.8. The molecule has 0 aliphatic heterocycles. The smallest absolute Gasteiger partial charge is 0.378 e. The normalized spacial score (nSPS) is 11.9. The minimum Gasteiger partial charge on any atom is -0.455 e. The number of hydrogen-bond acceptors (Lipinski definition) is 7. The lowest BCUT2D eigenvalue weighted by atomic mass is 10.2. The lowest BCUT2D eigenvalue weighted by Gasteiger charge is -2.12. The molecule has 0 aliphatic carbocycles. The third kappa shape index (κ3) is 3.81. The van der Waals surface area contributed by atoms with Crippen LogP contribution >= 0.6 is 0 Å². The summed E-state index contributed by atoms with van der Waals surface area (Å²) in [6.45, 7) is 3.56. The average Bonchev–Trinajstić information content (AvgIpc) is 3.04. The lowest BCUT2D eigenvalue weighted by molar-refractivity contribution is 0.0458. The van der Waals surface area contributed by atoms with E-state index in [2.05, 4.69) is 15.1 Å². The van der Waals surface area contributed by atoms with Crippen molar-refractivity contribution >= 4 is 21.8 Å². The second-order valence-corrected chi connectivity index (χ2v) is 8.35. The fourth-order valence-electron chi connectivity index (χ4n) is 2.47. The predicted molar refractivity (Wildman–Crippen MR) is 96.7 cm³/mol. The zero-order valence-corrected chi connectivity index (χ0v) is 16.2. The minimum absolute atomic E-state index is 0.101. The highest BCUT2D eigenvalue weighted by molar-refractivity contribution is 7.89. The molecule has 27 heavy (non-hydrogen) atoms. The summed E-state index contributed by atoms with van der Waals surface area (Å²) in [4.78, 5) is 20.7. The van der Waals surface area contributed by atoms with Crippen LogP contribution in [-0.4, -0.2) is 52.4 Å². The molecule has 0 bridgehead atoms. The summed E-state index contributed by atoms with van der Waals surface area (Å²) in [5.41, 5.74) is 2.11. The molecule has 0 atom stereocenters. The van der Waals surface area contributed by atoms with E-state index in [9.17, 15) is 13.2 Å². The van der Waals surface area contributed by atoms with Crippen LogP contribution in [0.5, 0.6) is 0 Å². The first-order chi connectivity index (χ1) is 12.7. The molecule has 2 heterocycles. The Bertz CT molecular complexity index is 1120. The van der Waals surface area contributed by atoms with E-state index in [-0.39, 0.29) is 17.3 Å². The molecule has 3 aromatic rings. The van der Waals surface area contributed by atoms with Crippen LogP contribution in [0.15, 0.2) is 35.2 Å². The summed E-state index contributed by atoms with van der Waals surface area (Å²) in [5.74, 6) is -0.495. The summed E-state index contributed by atoms with van der Waals surface area (Å²) in [6, 6.07) is 8.05. The number of ether oxygens (including phenoxy) is 1. The fourth-order valence-corrected chi connectivity index (χ4v) is 3.45. The Labute approximate surface area is 156 Å². The third-order valence-electron chi connectivity index (χ3n) is 3.85. The largest absolute Gasteiger partial charge is 0.455 e. The standard InChI is InChI=1S/C17H19N5O4S/c1-11-8-12(2)22-17(18-11)19-15(20-22)16(23)26-10-13-6-5-7-14(9-13)27(24,25)21(3)4/h5-9H,10H2,1-4H3. The molecule has 0 unspecified atom stereocenters. The number of carbonyl (C=O) groups excluding carboxylic acids is 1. The van der Waals surface area contributed by atoms with E-state index in [1.807, 2.05) is 19.9 Å². The van der Waals surface area contributed by atoms with Crippen LogP contribution in [0, 0.1) is 13.8 Å². The van der Waals surface area contributed by atoms with Gasteiger partial charge in [0.25, 0.3) is 11.6 Å². The van der Waals surface area contributed by atoms with Gasteiger partial charge in [-0.15, -0.1) is 5.10 Å². The van der Waals surface area contributed by atoms with Crippen molar-refractivity contribution < 1.29 is 17.9 Å². The fraction of sp³-hybridized carbons (Fsp3) is 0.294. The number of fused-ring (bicyclic) bond motifs is 1. The SMILES string of the molecule is Cc1cc(C)n2nc(C(=O)OCc3cccc(S(=O)(=O)N(C)C)c3)nc2n1. The maximum absolute atomic E-state index is 12.3. The highest BCUT2D eigenvalue weighted by atomic mass is 32.2. The molecule has 3 rings (SSSR count). The Morgan fingerprint density at radius 3 is 2.63 bits per heavy atom. The van der Waals surface area contributed by atoms with Gasteiger partial charge in [-0.1, -0.05) is 12.1 Å². The molecule has 142 valence electrons. The maximum Gasteiger partial charge on any atom is 0.378 e. The molecule has 10 heteroatoms. The Kier molecular flexibility index (Phi) is 4.94. The van der Waals surface area contributed by atoms with Gasteiger partial charge in [-0.2, -0.15) is 4.98 Å². The van der Waals surface area contributed by atoms with E-state index in [0.717, 1.165) is 15.7 Å². The topological polar surface area (TPSA) is 107 Å². The molecule has 0 radical (unpaired) electrons. The van der Waals surface area contributed by atoms with E-state index >= 15 is 0 Å². The number of hydrogen-bond donors (Lipinski definition) is 0. The average molecular weight is 389 g/mol.